The minimum atomic E-state index is -3.87. The number of rotatable bonds is 3. The van der Waals surface area contributed by atoms with Crippen molar-refractivity contribution < 1.29 is 18.3 Å². The number of anilines is 2. The Balaban J connectivity index is 1.73. The molecule has 1 amide bonds. The quantitative estimate of drug-likeness (QED) is 0.519. The molecule has 0 radical (unpaired) electrons. The highest BCUT2D eigenvalue weighted by Gasteiger charge is 2.25. The Bertz CT molecular complexity index is 1160. The summed E-state index contributed by atoms with van der Waals surface area (Å²) in [6, 6.07) is 6.59. The highest BCUT2D eigenvalue weighted by molar-refractivity contribution is 7.89. The van der Waals surface area contributed by atoms with Crippen molar-refractivity contribution >= 4 is 38.6 Å². The predicted octanol–water partition coefficient (Wildman–Crippen LogP) is -0.165. The number of hydrogen-bond donors (Lipinski definition) is 3. The van der Waals surface area contributed by atoms with Gasteiger partial charge < -0.3 is 25.3 Å². The van der Waals surface area contributed by atoms with Gasteiger partial charge in [0.15, 0.2) is 6.23 Å². The number of sulfonamides is 1. The second-order valence-corrected chi connectivity index (χ2v) is 7.47. The molecule has 0 fully saturated rings. The second kappa shape index (κ2) is 5.99. The van der Waals surface area contributed by atoms with Crippen LogP contribution < -0.4 is 15.5 Å². The van der Waals surface area contributed by atoms with E-state index in [4.69, 9.17) is 5.14 Å². The largest absolute Gasteiger partial charge is 0.752 e. The molecule has 12 heteroatoms. The molecule has 0 saturated heterocycles. The number of carbonyl (C=O) groups excluding carboxylic acids is 1. The van der Waals surface area contributed by atoms with E-state index in [0.717, 1.165) is 0 Å². The Morgan fingerprint density at radius 3 is 2.70 bits per heavy atom. The van der Waals surface area contributed by atoms with Gasteiger partial charge in [-0.1, -0.05) is 0 Å². The monoisotopic (exact) mass is 389 g/mol. The molecule has 2 aromatic heterocycles. The molecule has 140 valence electrons. The third kappa shape index (κ3) is 3.00. The van der Waals surface area contributed by atoms with E-state index in [2.05, 4.69) is 15.3 Å². The molecule has 3 aromatic rings. The van der Waals surface area contributed by atoms with Crippen molar-refractivity contribution in [1.82, 2.24) is 19.9 Å². The number of primary sulfonamides is 1. The molecule has 0 aliphatic carbocycles. The van der Waals surface area contributed by atoms with Gasteiger partial charge in [0.1, 0.15) is 12.2 Å². The van der Waals surface area contributed by atoms with Gasteiger partial charge in [-0.2, -0.15) is 4.98 Å². The van der Waals surface area contributed by atoms with Crippen molar-refractivity contribution in [3.63, 3.8) is 0 Å². The standard InChI is InChI=1S/C15H13N6O5S/c16-27(25,26)10-3-1-9(2-4-10)21(24)15-17-6-8-5-11-14(23)18-12(22)7-20(11)13(8)19-15/h1-6,14,23H,7H2,(H,18,22)(H2,16,25,26)/q-1. The van der Waals surface area contributed by atoms with Gasteiger partial charge in [-0.3, -0.25) is 4.79 Å². The van der Waals surface area contributed by atoms with E-state index >= 15 is 0 Å². The number of fused-ring (bicyclic) bond motifs is 3. The topological polar surface area (TPSA) is 166 Å². The van der Waals surface area contributed by atoms with E-state index < -0.39 is 16.3 Å². The summed E-state index contributed by atoms with van der Waals surface area (Å²) in [6.07, 6.45) is 0.238. The lowest BCUT2D eigenvalue weighted by Gasteiger charge is -2.28. The molecule has 4 N–H and O–H groups in total. The number of nitrogens with one attached hydrogen (secondary N) is 1. The number of aliphatic hydroxyl groups excluding tert-OH is 1. The Morgan fingerprint density at radius 2 is 2.04 bits per heavy atom. The van der Waals surface area contributed by atoms with Crippen molar-refractivity contribution in [3.05, 3.63) is 47.4 Å². The van der Waals surface area contributed by atoms with E-state index in [9.17, 15) is 23.5 Å². The van der Waals surface area contributed by atoms with Gasteiger partial charge in [-0.05, 0) is 30.3 Å². The highest BCUT2D eigenvalue weighted by Crippen LogP contribution is 2.28. The van der Waals surface area contributed by atoms with Gasteiger partial charge in [0.05, 0.1) is 10.6 Å². The number of aromatic nitrogens is 3. The third-order valence-electron chi connectivity index (χ3n) is 4.11. The molecule has 27 heavy (non-hydrogen) atoms. The predicted molar refractivity (Wildman–Crippen MR) is 94.0 cm³/mol. The first-order valence-corrected chi connectivity index (χ1v) is 9.22. The van der Waals surface area contributed by atoms with Crippen LogP contribution in [0.5, 0.6) is 0 Å². The fourth-order valence-corrected chi connectivity index (χ4v) is 3.36. The van der Waals surface area contributed by atoms with E-state index in [1.54, 1.807) is 6.07 Å². The number of nitrogens with two attached hydrogens (primary N) is 1. The maximum Gasteiger partial charge on any atom is 0.242 e. The zero-order chi connectivity index (χ0) is 19.3. The SMILES string of the molecule is NS(=O)(=O)c1ccc(N([O-])c2ncc3cc4n(c3n2)CC(=O)NC4O)cc1. The van der Waals surface area contributed by atoms with Crippen molar-refractivity contribution in [2.24, 2.45) is 5.14 Å². The van der Waals surface area contributed by atoms with E-state index in [1.165, 1.54) is 35.0 Å². The third-order valence-corrected chi connectivity index (χ3v) is 5.04. The lowest BCUT2D eigenvalue weighted by molar-refractivity contribution is -0.126. The molecular formula is C15H13N6O5S-. The number of amides is 1. The second-order valence-electron chi connectivity index (χ2n) is 5.91. The van der Waals surface area contributed by atoms with Crippen molar-refractivity contribution in [2.45, 2.75) is 17.7 Å². The molecule has 3 heterocycles. The Hall–Kier alpha value is -3.06. The van der Waals surface area contributed by atoms with Crippen LogP contribution in [-0.2, 0) is 21.4 Å². The fraction of sp³-hybridized carbons (Fsp3) is 0.133. The molecule has 1 aliphatic rings. The Labute approximate surface area is 152 Å². The number of carbonyl (C=O) groups is 1. The molecule has 11 nitrogen and oxygen atoms in total. The van der Waals surface area contributed by atoms with Crippen LogP contribution in [0.4, 0.5) is 11.6 Å². The van der Waals surface area contributed by atoms with E-state index in [-0.39, 0.29) is 29.0 Å². The first-order chi connectivity index (χ1) is 12.7. The van der Waals surface area contributed by atoms with Crippen molar-refractivity contribution in [1.29, 1.82) is 0 Å². The van der Waals surface area contributed by atoms with Crippen LogP contribution in [0.2, 0.25) is 0 Å². The lowest BCUT2D eigenvalue weighted by Crippen LogP contribution is -2.38. The van der Waals surface area contributed by atoms with Crippen LogP contribution in [0.3, 0.4) is 0 Å². The van der Waals surface area contributed by atoms with Gasteiger partial charge in [0.2, 0.25) is 21.9 Å². The number of nitrogens with zero attached hydrogens (tertiary/aromatic N) is 4. The van der Waals surface area contributed by atoms with Crippen LogP contribution in [0.15, 0.2) is 41.4 Å². The molecular weight excluding hydrogens is 376 g/mol. The highest BCUT2D eigenvalue weighted by atomic mass is 32.2. The average Bonchev–Trinajstić information content (AvgIpc) is 2.99. The van der Waals surface area contributed by atoms with Crippen LogP contribution in [0.25, 0.3) is 11.0 Å². The number of hydrogen-bond acceptors (Lipinski definition) is 8. The average molecular weight is 389 g/mol. The molecule has 1 aliphatic heterocycles. The molecule has 0 saturated carbocycles. The summed E-state index contributed by atoms with van der Waals surface area (Å²) in [6.45, 7) is -0.0474. The van der Waals surface area contributed by atoms with Crippen LogP contribution in [0.1, 0.15) is 11.9 Å². The number of aliphatic hydroxyl groups is 1. The first-order valence-electron chi connectivity index (χ1n) is 7.68. The van der Waals surface area contributed by atoms with Gasteiger partial charge in [0.25, 0.3) is 0 Å². The summed E-state index contributed by atoms with van der Waals surface area (Å²) in [4.78, 5) is 19.7. The smallest absolute Gasteiger partial charge is 0.242 e. The minimum absolute atomic E-state index is 0.0474. The molecule has 1 aromatic carbocycles. The summed E-state index contributed by atoms with van der Waals surface area (Å²) in [5.74, 6) is -0.586. The van der Waals surface area contributed by atoms with Crippen LogP contribution >= 0.6 is 0 Å². The zero-order valence-electron chi connectivity index (χ0n) is 13.6. The fourth-order valence-electron chi connectivity index (χ4n) is 2.84. The maximum absolute atomic E-state index is 12.5. The summed E-state index contributed by atoms with van der Waals surface area (Å²) in [5.41, 5.74) is 0.863. The maximum atomic E-state index is 12.5. The molecule has 4 rings (SSSR count). The summed E-state index contributed by atoms with van der Waals surface area (Å²) in [7, 11) is -3.87. The van der Waals surface area contributed by atoms with Crippen LogP contribution in [0, 0.1) is 5.21 Å². The van der Waals surface area contributed by atoms with E-state index in [0.29, 0.717) is 21.8 Å². The van der Waals surface area contributed by atoms with Crippen molar-refractivity contribution in [3.8, 4) is 0 Å². The normalized spacial score (nSPS) is 16.9. The zero-order valence-corrected chi connectivity index (χ0v) is 14.4. The summed E-state index contributed by atoms with van der Waals surface area (Å²) >= 11 is 0. The molecule has 0 spiro atoms. The van der Waals surface area contributed by atoms with E-state index in [1.807, 2.05) is 0 Å². The Morgan fingerprint density at radius 1 is 1.33 bits per heavy atom. The Kier molecular flexibility index (Phi) is 3.85. The molecule has 1 atom stereocenters. The van der Waals surface area contributed by atoms with Crippen LogP contribution in [-0.4, -0.2) is 34.0 Å². The van der Waals surface area contributed by atoms with Gasteiger partial charge in [-0.25, -0.2) is 18.5 Å². The molecule has 0 bridgehead atoms. The first kappa shape index (κ1) is 17.4. The summed E-state index contributed by atoms with van der Waals surface area (Å²) < 4.78 is 24.1. The summed E-state index contributed by atoms with van der Waals surface area (Å²) in [5, 5.41) is 30.9. The lowest BCUT2D eigenvalue weighted by atomic mass is 10.3. The minimum Gasteiger partial charge on any atom is -0.752 e. The number of benzene rings is 1. The van der Waals surface area contributed by atoms with Crippen molar-refractivity contribution in [2.75, 3.05) is 5.06 Å². The van der Waals surface area contributed by atoms with Gasteiger partial charge >= 0.3 is 0 Å². The van der Waals surface area contributed by atoms with Gasteiger partial charge in [0, 0.05) is 17.3 Å². The van der Waals surface area contributed by atoms with Gasteiger partial charge in [-0.15, -0.1) is 0 Å². The molecule has 1 unspecified atom stereocenters.